The molecule has 0 aromatic carbocycles. The summed E-state index contributed by atoms with van der Waals surface area (Å²) in [7, 11) is 0. The van der Waals surface area contributed by atoms with E-state index in [1.54, 1.807) is 6.20 Å². The van der Waals surface area contributed by atoms with Gasteiger partial charge in [-0.2, -0.15) is 5.10 Å². The van der Waals surface area contributed by atoms with Crippen LogP contribution < -0.4 is 5.73 Å². The van der Waals surface area contributed by atoms with E-state index in [1.165, 1.54) is 23.1 Å². The summed E-state index contributed by atoms with van der Waals surface area (Å²) in [6, 6.07) is 1.49. The van der Waals surface area contributed by atoms with Crippen molar-refractivity contribution >= 4 is 17.5 Å². The normalized spacial score (nSPS) is 10.2. The van der Waals surface area contributed by atoms with E-state index >= 15 is 0 Å². The summed E-state index contributed by atoms with van der Waals surface area (Å²) in [6.45, 7) is 0. The minimum absolute atomic E-state index is 0.164. The molecule has 15 heavy (non-hydrogen) atoms. The molecule has 6 nitrogen and oxygen atoms in total. The topological polar surface area (TPSA) is 86.7 Å². The fraction of sp³-hybridized carbons (Fsp3) is 0. The number of nitrogens with two attached hydrogens (primary N) is 1. The molecule has 0 radical (unpaired) electrons. The van der Waals surface area contributed by atoms with Gasteiger partial charge in [0.2, 0.25) is 0 Å². The van der Waals surface area contributed by atoms with Gasteiger partial charge in [-0.3, -0.25) is 9.78 Å². The van der Waals surface area contributed by atoms with Crippen molar-refractivity contribution in [1.82, 2.24) is 19.7 Å². The molecule has 1 amide bonds. The van der Waals surface area contributed by atoms with Crippen LogP contribution in [-0.2, 0) is 0 Å². The van der Waals surface area contributed by atoms with Crippen LogP contribution in [0.3, 0.4) is 0 Å². The van der Waals surface area contributed by atoms with Crippen LogP contribution in [0.2, 0.25) is 5.15 Å². The van der Waals surface area contributed by atoms with Crippen LogP contribution in [0.5, 0.6) is 0 Å². The molecule has 0 aliphatic heterocycles. The lowest BCUT2D eigenvalue weighted by Gasteiger charge is -1.98. The second kappa shape index (κ2) is 3.66. The van der Waals surface area contributed by atoms with E-state index in [0.29, 0.717) is 5.82 Å². The van der Waals surface area contributed by atoms with E-state index in [-0.39, 0.29) is 10.8 Å². The largest absolute Gasteiger partial charge is 0.364 e. The number of carbonyl (C=O) groups excluding carboxylic acids is 1. The Labute approximate surface area is 89.7 Å². The molecular formula is C8H6ClN5O. The van der Waals surface area contributed by atoms with Crippen molar-refractivity contribution in [3.05, 3.63) is 35.5 Å². The first-order valence-electron chi connectivity index (χ1n) is 4.00. The Balaban J connectivity index is 2.41. The van der Waals surface area contributed by atoms with Gasteiger partial charge in [0.15, 0.2) is 5.82 Å². The van der Waals surface area contributed by atoms with Gasteiger partial charge in [0.25, 0.3) is 5.91 Å². The molecule has 2 rings (SSSR count). The molecule has 0 unspecified atom stereocenters. The summed E-state index contributed by atoms with van der Waals surface area (Å²) in [5.41, 5.74) is 5.22. The van der Waals surface area contributed by atoms with Gasteiger partial charge in [-0.25, -0.2) is 9.67 Å². The Hall–Kier alpha value is -1.95. The number of halogens is 1. The van der Waals surface area contributed by atoms with E-state index in [4.69, 9.17) is 17.3 Å². The molecule has 7 heteroatoms. The molecule has 76 valence electrons. The molecule has 0 spiro atoms. The first-order chi connectivity index (χ1) is 7.16. The number of rotatable bonds is 2. The van der Waals surface area contributed by atoms with Gasteiger partial charge in [-0.15, -0.1) is 0 Å². The predicted molar refractivity (Wildman–Crippen MR) is 52.7 cm³/mol. The van der Waals surface area contributed by atoms with E-state index in [1.807, 2.05) is 0 Å². The van der Waals surface area contributed by atoms with Gasteiger partial charge in [-0.05, 0) is 6.07 Å². The zero-order valence-electron chi connectivity index (χ0n) is 7.46. The molecule has 0 aliphatic rings. The summed E-state index contributed by atoms with van der Waals surface area (Å²) in [5, 5.41) is 4.16. The highest BCUT2D eigenvalue weighted by atomic mass is 35.5. The van der Waals surface area contributed by atoms with E-state index < -0.39 is 5.91 Å². The number of nitrogens with zero attached hydrogens (tertiary/aromatic N) is 4. The molecule has 2 aromatic rings. The Bertz CT molecular complexity index is 509. The number of primary amides is 1. The molecule has 0 aliphatic carbocycles. The van der Waals surface area contributed by atoms with Crippen LogP contribution in [0, 0.1) is 0 Å². The maximum absolute atomic E-state index is 10.8. The molecule has 2 aromatic heterocycles. The van der Waals surface area contributed by atoms with Crippen molar-refractivity contribution in [2.75, 3.05) is 0 Å². The molecular weight excluding hydrogens is 218 g/mol. The Kier molecular flexibility index (Phi) is 2.34. The summed E-state index contributed by atoms with van der Waals surface area (Å²) < 4.78 is 1.37. The van der Waals surface area contributed by atoms with Gasteiger partial charge in [0.05, 0.1) is 12.4 Å². The lowest BCUT2D eigenvalue weighted by atomic mass is 10.4. The highest BCUT2D eigenvalue weighted by molar-refractivity contribution is 6.29. The summed E-state index contributed by atoms with van der Waals surface area (Å²) in [5.74, 6) is -0.168. The summed E-state index contributed by atoms with van der Waals surface area (Å²) in [4.78, 5) is 18.6. The third kappa shape index (κ3) is 1.94. The van der Waals surface area contributed by atoms with Crippen LogP contribution in [0.25, 0.3) is 5.82 Å². The van der Waals surface area contributed by atoms with Gasteiger partial charge in [0.1, 0.15) is 10.8 Å². The number of amides is 1. The van der Waals surface area contributed by atoms with Crippen LogP contribution in [-0.4, -0.2) is 25.7 Å². The van der Waals surface area contributed by atoms with E-state index in [9.17, 15) is 4.79 Å². The van der Waals surface area contributed by atoms with E-state index in [0.717, 1.165) is 0 Å². The number of carbonyl (C=O) groups is 1. The van der Waals surface area contributed by atoms with Crippen molar-refractivity contribution < 1.29 is 4.79 Å². The van der Waals surface area contributed by atoms with Crippen molar-refractivity contribution in [1.29, 1.82) is 0 Å². The molecule has 0 saturated carbocycles. The molecule has 0 atom stereocenters. The highest BCUT2D eigenvalue weighted by Gasteiger charge is 2.06. The average Bonchev–Trinajstić information content (AvgIpc) is 2.66. The third-order valence-electron chi connectivity index (χ3n) is 1.67. The van der Waals surface area contributed by atoms with Crippen LogP contribution in [0.15, 0.2) is 24.7 Å². The molecule has 2 heterocycles. The monoisotopic (exact) mass is 223 g/mol. The quantitative estimate of drug-likeness (QED) is 0.799. The lowest BCUT2D eigenvalue weighted by molar-refractivity contribution is 0.0995. The average molecular weight is 224 g/mol. The lowest BCUT2D eigenvalue weighted by Crippen LogP contribution is -2.12. The smallest absolute Gasteiger partial charge is 0.269 e. The molecule has 2 N–H and O–H groups in total. The zero-order chi connectivity index (χ0) is 10.8. The van der Waals surface area contributed by atoms with Gasteiger partial charge in [0, 0.05) is 6.20 Å². The van der Waals surface area contributed by atoms with Crippen LogP contribution >= 0.6 is 11.6 Å². The minimum atomic E-state index is -0.594. The maximum Gasteiger partial charge on any atom is 0.269 e. The highest BCUT2D eigenvalue weighted by Crippen LogP contribution is 2.07. The predicted octanol–water partition coefficient (Wildman–Crippen LogP) is 0.415. The zero-order valence-corrected chi connectivity index (χ0v) is 8.22. The Morgan fingerprint density at radius 1 is 1.47 bits per heavy atom. The molecule has 0 saturated heterocycles. The number of aromatic nitrogens is 4. The van der Waals surface area contributed by atoms with Crippen molar-refractivity contribution in [2.45, 2.75) is 0 Å². The molecule has 0 bridgehead atoms. The van der Waals surface area contributed by atoms with Crippen molar-refractivity contribution in [2.24, 2.45) is 5.73 Å². The van der Waals surface area contributed by atoms with Gasteiger partial charge >= 0.3 is 0 Å². The van der Waals surface area contributed by atoms with Crippen molar-refractivity contribution in [3.63, 3.8) is 0 Å². The van der Waals surface area contributed by atoms with Gasteiger partial charge < -0.3 is 5.73 Å². The van der Waals surface area contributed by atoms with Crippen LogP contribution in [0.4, 0.5) is 0 Å². The second-order valence-electron chi connectivity index (χ2n) is 2.71. The Morgan fingerprint density at radius 2 is 2.27 bits per heavy atom. The van der Waals surface area contributed by atoms with E-state index in [2.05, 4.69) is 15.1 Å². The SMILES string of the molecule is NC(=O)c1ccn(-c2cncc(Cl)n2)n1. The first-order valence-corrected chi connectivity index (χ1v) is 4.38. The maximum atomic E-state index is 10.8. The van der Waals surface area contributed by atoms with Crippen LogP contribution in [0.1, 0.15) is 10.5 Å². The van der Waals surface area contributed by atoms with Crippen molar-refractivity contribution in [3.8, 4) is 5.82 Å². The fourth-order valence-corrected chi connectivity index (χ4v) is 1.17. The standard InChI is InChI=1S/C8H6ClN5O/c9-6-3-11-4-7(12-6)14-2-1-5(13-14)8(10)15/h1-4H,(H2,10,15). The number of hydrogen-bond acceptors (Lipinski definition) is 4. The van der Waals surface area contributed by atoms with Gasteiger partial charge in [-0.1, -0.05) is 11.6 Å². The summed E-state index contributed by atoms with van der Waals surface area (Å²) in [6.07, 6.45) is 4.44. The Morgan fingerprint density at radius 3 is 2.87 bits per heavy atom. The number of hydrogen-bond donors (Lipinski definition) is 1. The fourth-order valence-electron chi connectivity index (χ4n) is 1.03. The second-order valence-corrected chi connectivity index (χ2v) is 3.10. The summed E-state index contributed by atoms with van der Waals surface area (Å²) >= 11 is 5.66. The third-order valence-corrected chi connectivity index (χ3v) is 1.85. The minimum Gasteiger partial charge on any atom is -0.364 e. The molecule has 0 fully saturated rings. The first kappa shape index (κ1) is 9.60.